The fourth-order valence-electron chi connectivity index (χ4n) is 3.63. The highest BCUT2D eigenvalue weighted by molar-refractivity contribution is 9.10. The first-order chi connectivity index (χ1) is 13.7. The third-order valence-electron chi connectivity index (χ3n) is 5.29. The summed E-state index contributed by atoms with van der Waals surface area (Å²) in [4.78, 5) is 25.8. The number of carbonyl (C=O) groups excluding carboxylic acids is 2. The largest absolute Gasteiger partial charge is 0.438 e. The van der Waals surface area contributed by atoms with Crippen LogP contribution in [-0.2, 0) is 15.1 Å². The lowest BCUT2D eigenvalue weighted by atomic mass is 9.84. The molecule has 0 aromatic heterocycles. The van der Waals surface area contributed by atoms with Crippen molar-refractivity contribution < 1.29 is 23.1 Å². The summed E-state index contributed by atoms with van der Waals surface area (Å²) in [5, 5.41) is 0. The minimum Gasteiger partial charge on any atom is -0.438 e. The molecule has 2 amide bonds. The number of primary amides is 1. The number of hydrogen-bond donors (Lipinski definition) is 1. The molecule has 0 spiro atoms. The quantitative estimate of drug-likeness (QED) is 0.664. The van der Waals surface area contributed by atoms with Crippen molar-refractivity contribution in [3.05, 3.63) is 69.7 Å². The average molecular weight is 467 g/mol. The third-order valence-corrected chi connectivity index (χ3v) is 5.82. The van der Waals surface area contributed by atoms with E-state index >= 15 is 0 Å². The van der Waals surface area contributed by atoms with Crippen molar-refractivity contribution in [1.29, 1.82) is 0 Å². The maximum Gasteiger partial charge on any atom is 0.411 e. The van der Waals surface area contributed by atoms with E-state index in [1.165, 1.54) is 6.07 Å². The number of nitrogens with two attached hydrogens (primary N) is 1. The second-order valence-corrected chi connectivity index (χ2v) is 8.04. The highest BCUT2D eigenvalue weighted by Crippen LogP contribution is 2.41. The molecule has 3 rings (SSSR count). The van der Waals surface area contributed by atoms with E-state index in [4.69, 9.17) is 10.5 Å². The van der Waals surface area contributed by atoms with Gasteiger partial charge in [-0.25, -0.2) is 13.6 Å². The maximum atomic E-state index is 14.5. The van der Waals surface area contributed by atoms with Gasteiger partial charge < -0.3 is 15.4 Å². The van der Waals surface area contributed by atoms with Gasteiger partial charge in [0.2, 0.25) is 5.91 Å². The van der Waals surface area contributed by atoms with Crippen LogP contribution in [0, 0.1) is 11.6 Å². The minimum absolute atomic E-state index is 0.0249. The topological polar surface area (TPSA) is 72.6 Å². The van der Waals surface area contributed by atoms with E-state index < -0.39 is 29.2 Å². The van der Waals surface area contributed by atoms with Crippen molar-refractivity contribution in [1.82, 2.24) is 4.90 Å². The van der Waals surface area contributed by atoms with Gasteiger partial charge in [0, 0.05) is 41.9 Å². The molecule has 2 aromatic rings. The zero-order valence-corrected chi connectivity index (χ0v) is 17.4. The van der Waals surface area contributed by atoms with Gasteiger partial charge >= 0.3 is 6.09 Å². The van der Waals surface area contributed by atoms with Crippen molar-refractivity contribution in [2.45, 2.75) is 37.8 Å². The van der Waals surface area contributed by atoms with E-state index in [1.54, 1.807) is 4.90 Å². The molecule has 154 valence electrons. The van der Waals surface area contributed by atoms with Crippen molar-refractivity contribution in [2.75, 3.05) is 6.54 Å². The molecule has 1 heterocycles. The van der Waals surface area contributed by atoms with Gasteiger partial charge in [0.1, 0.15) is 17.2 Å². The van der Waals surface area contributed by atoms with Gasteiger partial charge in [-0.3, -0.25) is 4.79 Å². The maximum absolute atomic E-state index is 14.5. The van der Waals surface area contributed by atoms with Crippen molar-refractivity contribution >= 4 is 27.9 Å². The molecule has 0 saturated carbocycles. The van der Waals surface area contributed by atoms with E-state index in [0.717, 1.165) is 22.2 Å². The first-order valence-corrected chi connectivity index (χ1v) is 10.00. The molecule has 2 atom stereocenters. The van der Waals surface area contributed by atoms with Crippen LogP contribution in [0.4, 0.5) is 13.6 Å². The van der Waals surface area contributed by atoms with Gasteiger partial charge in [-0.05, 0) is 36.8 Å². The van der Waals surface area contributed by atoms with Gasteiger partial charge in [0.25, 0.3) is 0 Å². The summed E-state index contributed by atoms with van der Waals surface area (Å²) in [5.41, 5.74) is 4.85. The molecule has 1 fully saturated rings. The molecule has 1 aliphatic heterocycles. The van der Waals surface area contributed by atoms with E-state index in [0.29, 0.717) is 0 Å². The SMILES string of the molecule is C[C@@H](c1ccc(Br)cc1)N1CCC(CCC(N)=O)(c2ccc(F)cc2F)OC1=O. The summed E-state index contributed by atoms with van der Waals surface area (Å²) in [6.07, 6.45) is -0.446. The summed E-state index contributed by atoms with van der Waals surface area (Å²) >= 11 is 3.38. The van der Waals surface area contributed by atoms with Gasteiger partial charge in [-0.1, -0.05) is 28.1 Å². The Kier molecular flexibility index (Phi) is 6.21. The predicted molar refractivity (Wildman–Crippen MR) is 107 cm³/mol. The molecule has 0 radical (unpaired) electrons. The van der Waals surface area contributed by atoms with Crippen LogP contribution in [0.15, 0.2) is 46.9 Å². The molecule has 0 aliphatic carbocycles. The number of cyclic esters (lactones) is 1. The number of ether oxygens (including phenoxy) is 1. The Hall–Kier alpha value is -2.48. The van der Waals surface area contributed by atoms with Crippen LogP contribution < -0.4 is 5.73 Å². The molecular formula is C21H21BrF2N2O3. The van der Waals surface area contributed by atoms with E-state index in [9.17, 15) is 18.4 Å². The lowest BCUT2D eigenvalue weighted by Crippen LogP contribution is -2.49. The Morgan fingerprint density at radius 2 is 1.97 bits per heavy atom. The zero-order chi connectivity index (χ0) is 21.2. The van der Waals surface area contributed by atoms with Crippen LogP contribution in [0.2, 0.25) is 0 Å². The summed E-state index contributed by atoms with van der Waals surface area (Å²) in [5.74, 6) is -2.14. The summed E-state index contributed by atoms with van der Waals surface area (Å²) in [6, 6.07) is 10.4. The smallest absolute Gasteiger partial charge is 0.411 e. The molecule has 1 unspecified atom stereocenters. The van der Waals surface area contributed by atoms with E-state index in [1.807, 2.05) is 31.2 Å². The van der Waals surface area contributed by atoms with Gasteiger partial charge in [0.15, 0.2) is 0 Å². The summed E-state index contributed by atoms with van der Waals surface area (Å²) in [7, 11) is 0. The Morgan fingerprint density at radius 3 is 2.55 bits per heavy atom. The Balaban J connectivity index is 1.88. The van der Waals surface area contributed by atoms with Crippen LogP contribution in [0.25, 0.3) is 0 Å². The zero-order valence-electron chi connectivity index (χ0n) is 15.8. The summed E-state index contributed by atoms with van der Waals surface area (Å²) < 4.78 is 34.5. The lowest BCUT2D eigenvalue weighted by Gasteiger charge is -2.43. The number of carbonyl (C=O) groups is 2. The number of halogens is 3. The molecule has 1 aliphatic rings. The van der Waals surface area contributed by atoms with Crippen molar-refractivity contribution in [2.24, 2.45) is 5.73 Å². The molecule has 0 bridgehead atoms. The first kappa shape index (κ1) is 21.2. The van der Waals surface area contributed by atoms with Crippen LogP contribution in [0.5, 0.6) is 0 Å². The minimum atomic E-state index is -1.38. The predicted octanol–water partition coefficient (Wildman–Crippen LogP) is 4.79. The Labute approximate surface area is 176 Å². The summed E-state index contributed by atoms with van der Waals surface area (Å²) in [6.45, 7) is 2.16. The Bertz CT molecular complexity index is 923. The second kappa shape index (κ2) is 8.49. The normalized spacial score (nSPS) is 20.3. The van der Waals surface area contributed by atoms with Crippen molar-refractivity contribution in [3.63, 3.8) is 0 Å². The second-order valence-electron chi connectivity index (χ2n) is 7.12. The van der Waals surface area contributed by atoms with Crippen LogP contribution in [0.1, 0.15) is 43.4 Å². The monoisotopic (exact) mass is 466 g/mol. The number of nitrogens with zero attached hydrogens (tertiary/aromatic N) is 1. The molecule has 1 saturated heterocycles. The molecule has 2 aromatic carbocycles. The molecule has 8 heteroatoms. The van der Waals surface area contributed by atoms with Crippen molar-refractivity contribution in [3.8, 4) is 0 Å². The molecule has 29 heavy (non-hydrogen) atoms. The molecule has 2 N–H and O–H groups in total. The fraction of sp³-hybridized carbons (Fsp3) is 0.333. The number of benzene rings is 2. The number of rotatable bonds is 6. The van der Waals surface area contributed by atoms with Gasteiger partial charge in [0.05, 0.1) is 6.04 Å². The van der Waals surface area contributed by atoms with E-state index in [2.05, 4.69) is 15.9 Å². The number of hydrogen-bond acceptors (Lipinski definition) is 3. The van der Waals surface area contributed by atoms with Crippen LogP contribution >= 0.6 is 15.9 Å². The third kappa shape index (κ3) is 4.58. The van der Waals surface area contributed by atoms with Gasteiger partial charge in [-0.15, -0.1) is 0 Å². The van der Waals surface area contributed by atoms with Crippen LogP contribution in [-0.4, -0.2) is 23.4 Å². The Morgan fingerprint density at radius 1 is 1.28 bits per heavy atom. The first-order valence-electron chi connectivity index (χ1n) is 9.21. The average Bonchev–Trinajstić information content (AvgIpc) is 2.66. The van der Waals surface area contributed by atoms with Crippen LogP contribution in [0.3, 0.4) is 0 Å². The van der Waals surface area contributed by atoms with E-state index in [-0.39, 0.29) is 37.4 Å². The van der Waals surface area contributed by atoms with Gasteiger partial charge in [-0.2, -0.15) is 0 Å². The molecule has 5 nitrogen and oxygen atoms in total. The highest BCUT2D eigenvalue weighted by Gasteiger charge is 2.45. The fourth-order valence-corrected chi connectivity index (χ4v) is 3.89. The number of amides is 2. The highest BCUT2D eigenvalue weighted by atomic mass is 79.9. The lowest BCUT2D eigenvalue weighted by molar-refractivity contribution is -0.121. The molecular weight excluding hydrogens is 446 g/mol. The standard InChI is InChI=1S/C21H21BrF2N2O3/c1-13(14-2-4-15(22)5-3-14)26-11-10-21(29-20(26)28,9-8-19(25)27)17-7-6-16(23)12-18(17)24/h2-7,12-13H,8-11H2,1H3,(H2,25,27)/t13-,21?/m0/s1.